The van der Waals surface area contributed by atoms with Gasteiger partial charge >= 0.3 is 12.1 Å². The van der Waals surface area contributed by atoms with E-state index in [0.29, 0.717) is 17.7 Å². The van der Waals surface area contributed by atoms with Gasteiger partial charge in [0.15, 0.2) is 5.78 Å². The van der Waals surface area contributed by atoms with E-state index in [9.17, 15) is 22.8 Å². The first-order chi connectivity index (χ1) is 14.3. The summed E-state index contributed by atoms with van der Waals surface area (Å²) in [6, 6.07) is 14.8. The number of amides is 1. The SMILES string of the molecule is O=C(Cc1ccccc1)[C@@H]1CCC(=O)N1c1ccc(-c2noc(C(F)(F)F)n2)cc1. The summed E-state index contributed by atoms with van der Waals surface area (Å²) >= 11 is 0. The zero-order valence-corrected chi connectivity index (χ0v) is 15.6. The van der Waals surface area contributed by atoms with Crippen LogP contribution in [0.1, 0.15) is 24.3 Å². The molecule has 0 unspecified atom stereocenters. The molecule has 0 N–H and O–H groups in total. The number of hydrogen-bond donors (Lipinski definition) is 0. The maximum absolute atomic E-state index is 12.8. The Labute approximate surface area is 169 Å². The summed E-state index contributed by atoms with van der Waals surface area (Å²) in [7, 11) is 0. The highest BCUT2D eigenvalue weighted by atomic mass is 19.4. The first kappa shape index (κ1) is 19.8. The van der Waals surface area contributed by atoms with Gasteiger partial charge in [0.2, 0.25) is 11.7 Å². The lowest BCUT2D eigenvalue weighted by Gasteiger charge is -2.24. The number of anilines is 1. The minimum atomic E-state index is -4.72. The first-order valence-corrected chi connectivity index (χ1v) is 9.23. The number of carbonyl (C=O) groups excluding carboxylic acids is 2. The molecule has 1 atom stereocenters. The second-order valence-electron chi connectivity index (χ2n) is 6.91. The van der Waals surface area contributed by atoms with E-state index in [1.807, 2.05) is 30.3 Å². The molecule has 0 saturated carbocycles. The summed E-state index contributed by atoms with van der Waals surface area (Å²) in [4.78, 5) is 30.0. The predicted octanol–water partition coefficient (Wildman–Crippen LogP) is 4.06. The van der Waals surface area contributed by atoms with Crippen molar-refractivity contribution in [2.75, 3.05) is 4.90 Å². The minimum absolute atomic E-state index is 0.0656. The van der Waals surface area contributed by atoms with Crippen molar-refractivity contribution in [3.05, 3.63) is 66.1 Å². The first-order valence-electron chi connectivity index (χ1n) is 9.23. The number of aromatic nitrogens is 2. The molecule has 1 fully saturated rings. The van der Waals surface area contributed by atoms with Gasteiger partial charge in [-0.25, -0.2) is 0 Å². The summed E-state index contributed by atoms with van der Waals surface area (Å²) in [6.45, 7) is 0. The molecule has 6 nitrogen and oxygen atoms in total. The smallest absolute Gasteiger partial charge is 0.329 e. The topological polar surface area (TPSA) is 76.3 Å². The fraction of sp³-hybridized carbons (Fsp3) is 0.238. The summed E-state index contributed by atoms with van der Waals surface area (Å²) in [5.74, 6) is -1.88. The van der Waals surface area contributed by atoms with E-state index in [-0.39, 0.29) is 30.4 Å². The van der Waals surface area contributed by atoms with E-state index in [0.717, 1.165) is 5.56 Å². The van der Waals surface area contributed by atoms with Crippen molar-refractivity contribution < 1.29 is 27.3 Å². The van der Waals surface area contributed by atoms with Gasteiger partial charge in [-0.2, -0.15) is 18.2 Å². The average Bonchev–Trinajstić information content (AvgIpc) is 3.36. The summed E-state index contributed by atoms with van der Waals surface area (Å²) in [6.07, 6.45) is -3.82. The van der Waals surface area contributed by atoms with Crippen molar-refractivity contribution in [3.8, 4) is 11.4 Å². The lowest BCUT2D eigenvalue weighted by atomic mass is 10.0. The summed E-state index contributed by atoms with van der Waals surface area (Å²) in [5, 5.41) is 3.34. The number of carbonyl (C=O) groups is 2. The Morgan fingerprint density at radius 2 is 1.80 bits per heavy atom. The Hall–Kier alpha value is -3.49. The third-order valence-corrected chi connectivity index (χ3v) is 4.88. The Kier molecular flexibility index (Phi) is 5.11. The van der Waals surface area contributed by atoms with Gasteiger partial charge in [-0.05, 0) is 36.2 Å². The minimum Gasteiger partial charge on any atom is -0.329 e. The maximum atomic E-state index is 12.8. The molecule has 154 valence electrons. The van der Waals surface area contributed by atoms with Crippen LogP contribution in [0.3, 0.4) is 0 Å². The van der Waals surface area contributed by atoms with Gasteiger partial charge in [0.25, 0.3) is 0 Å². The molecule has 0 bridgehead atoms. The molecule has 3 aromatic rings. The van der Waals surface area contributed by atoms with Crippen LogP contribution in [-0.4, -0.2) is 27.9 Å². The number of Topliss-reactive ketones (excluding diaryl/α,β-unsaturated/α-hetero) is 1. The van der Waals surface area contributed by atoms with Crippen LogP contribution in [0.15, 0.2) is 59.1 Å². The van der Waals surface area contributed by atoms with Gasteiger partial charge in [-0.3, -0.25) is 9.59 Å². The fourth-order valence-electron chi connectivity index (χ4n) is 3.45. The van der Waals surface area contributed by atoms with Gasteiger partial charge in [0, 0.05) is 24.1 Å². The molecule has 0 aliphatic carbocycles. The largest absolute Gasteiger partial charge is 0.471 e. The van der Waals surface area contributed by atoms with Crippen molar-refractivity contribution in [2.45, 2.75) is 31.5 Å². The predicted molar refractivity (Wildman–Crippen MR) is 100 cm³/mol. The van der Waals surface area contributed by atoms with Crippen LogP contribution in [0.4, 0.5) is 18.9 Å². The molecular weight excluding hydrogens is 399 g/mol. The van der Waals surface area contributed by atoms with Gasteiger partial charge in [-0.15, -0.1) is 0 Å². The third kappa shape index (κ3) is 3.96. The van der Waals surface area contributed by atoms with Crippen molar-refractivity contribution in [1.82, 2.24) is 10.1 Å². The van der Waals surface area contributed by atoms with Crippen LogP contribution >= 0.6 is 0 Å². The third-order valence-electron chi connectivity index (χ3n) is 4.88. The van der Waals surface area contributed by atoms with Crippen molar-refractivity contribution >= 4 is 17.4 Å². The highest BCUT2D eigenvalue weighted by molar-refractivity contribution is 6.04. The molecule has 0 radical (unpaired) electrons. The van der Waals surface area contributed by atoms with Crippen molar-refractivity contribution in [2.24, 2.45) is 0 Å². The second kappa shape index (κ2) is 7.74. The van der Waals surface area contributed by atoms with Gasteiger partial charge < -0.3 is 9.42 Å². The Morgan fingerprint density at radius 3 is 2.43 bits per heavy atom. The zero-order valence-electron chi connectivity index (χ0n) is 15.6. The number of alkyl halides is 3. The molecular formula is C21H16F3N3O3. The van der Waals surface area contributed by atoms with Crippen LogP contribution in [0.25, 0.3) is 11.4 Å². The quantitative estimate of drug-likeness (QED) is 0.628. The van der Waals surface area contributed by atoms with Crippen LogP contribution in [0, 0.1) is 0 Å². The van der Waals surface area contributed by atoms with Gasteiger partial charge in [-0.1, -0.05) is 35.5 Å². The molecule has 1 amide bonds. The van der Waals surface area contributed by atoms with E-state index < -0.39 is 18.1 Å². The second-order valence-corrected chi connectivity index (χ2v) is 6.91. The maximum Gasteiger partial charge on any atom is 0.471 e. The number of benzene rings is 2. The lowest BCUT2D eigenvalue weighted by molar-refractivity contribution is -0.159. The van der Waals surface area contributed by atoms with Crippen LogP contribution < -0.4 is 4.90 Å². The average molecular weight is 415 g/mol. The fourth-order valence-corrected chi connectivity index (χ4v) is 3.45. The van der Waals surface area contributed by atoms with Gasteiger partial charge in [0.05, 0.1) is 6.04 Å². The summed E-state index contributed by atoms with van der Waals surface area (Å²) < 4.78 is 42.1. The number of nitrogens with zero attached hydrogens (tertiary/aromatic N) is 3. The molecule has 9 heteroatoms. The molecule has 1 aliphatic heterocycles. The summed E-state index contributed by atoms with van der Waals surface area (Å²) in [5.41, 5.74) is 1.67. The molecule has 1 aromatic heterocycles. The molecule has 4 rings (SSSR count). The Morgan fingerprint density at radius 1 is 1.10 bits per heavy atom. The Bertz CT molecular complexity index is 1060. The highest BCUT2D eigenvalue weighted by Gasteiger charge is 2.39. The molecule has 0 spiro atoms. The molecule has 2 heterocycles. The molecule has 1 saturated heterocycles. The molecule has 1 aliphatic rings. The van der Waals surface area contributed by atoms with E-state index in [4.69, 9.17) is 0 Å². The molecule has 30 heavy (non-hydrogen) atoms. The highest BCUT2D eigenvalue weighted by Crippen LogP contribution is 2.32. The van der Waals surface area contributed by atoms with Crippen LogP contribution in [0.2, 0.25) is 0 Å². The standard InChI is InChI=1S/C21H16F3N3O3/c22-21(23,24)20-25-19(26-30-20)14-6-8-15(9-7-14)27-16(10-11-18(27)29)17(28)12-13-4-2-1-3-5-13/h1-9,16H,10-12H2/t16-/m0/s1. The Balaban J connectivity index is 1.54. The van der Waals surface area contributed by atoms with Crippen molar-refractivity contribution in [3.63, 3.8) is 0 Å². The number of halogens is 3. The van der Waals surface area contributed by atoms with Crippen molar-refractivity contribution in [1.29, 1.82) is 0 Å². The van der Waals surface area contributed by atoms with Crippen LogP contribution in [0.5, 0.6) is 0 Å². The van der Waals surface area contributed by atoms with Gasteiger partial charge in [0.1, 0.15) is 0 Å². The van der Waals surface area contributed by atoms with Crippen LogP contribution in [-0.2, 0) is 22.2 Å². The monoisotopic (exact) mass is 415 g/mol. The number of hydrogen-bond acceptors (Lipinski definition) is 5. The molecule has 2 aromatic carbocycles. The van der Waals surface area contributed by atoms with E-state index >= 15 is 0 Å². The van der Waals surface area contributed by atoms with E-state index in [2.05, 4.69) is 14.7 Å². The number of rotatable bonds is 5. The lowest BCUT2D eigenvalue weighted by Crippen LogP contribution is -2.39. The van der Waals surface area contributed by atoms with E-state index in [1.165, 1.54) is 17.0 Å². The zero-order chi connectivity index (χ0) is 21.3. The van der Waals surface area contributed by atoms with E-state index in [1.54, 1.807) is 12.1 Å². The number of ketones is 1. The normalized spacial score (nSPS) is 16.8.